The van der Waals surface area contributed by atoms with Gasteiger partial charge in [-0.15, -0.1) is 11.3 Å². The van der Waals surface area contributed by atoms with E-state index in [0.29, 0.717) is 4.47 Å². The van der Waals surface area contributed by atoms with E-state index < -0.39 is 0 Å². The van der Waals surface area contributed by atoms with Crippen molar-refractivity contribution in [2.24, 2.45) is 0 Å². The third-order valence-corrected chi connectivity index (χ3v) is 4.44. The van der Waals surface area contributed by atoms with Crippen LogP contribution in [0.3, 0.4) is 0 Å². The number of fused-ring (bicyclic) bond motifs is 1. The predicted octanol–water partition coefficient (Wildman–Crippen LogP) is 3.89. The van der Waals surface area contributed by atoms with Crippen LogP contribution in [0.1, 0.15) is 4.88 Å². The number of nitrogens with one attached hydrogen (secondary N) is 2. The molecule has 1 aromatic carbocycles. The first-order valence-corrected chi connectivity index (χ1v) is 7.47. The highest BCUT2D eigenvalue weighted by Gasteiger charge is 2.04. The minimum absolute atomic E-state index is 0.573. The maximum Gasteiger partial charge on any atom is 0.183 e. The molecule has 0 aliphatic heterocycles. The predicted molar refractivity (Wildman–Crippen MR) is 83.3 cm³/mol. The average molecular weight is 391 g/mol. The lowest BCUT2D eigenvalue weighted by atomic mass is 10.2. The molecule has 0 spiro atoms. The number of thiazole rings is 1. The van der Waals surface area contributed by atoms with E-state index in [-0.39, 0.29) is 0 Å². The van der Waals surface area contributed by atoms with Crippen molar-refractivity contribution < 1.29 is 0 Å². The van der Waals surface area contributed by atoms with Crippen molar-refractivity contribution in [3.63, 3.8) is 0 Å². The van der Waals surface area contributed by atoms with Gasteiger partial charge in [0.25, 0.3) is 0 Å². The molecule has 2 aromatic heterocycles. The molecular formula is C11H8ClIN4S. The Labute approximate surface area is 126 Å². The summed E-state index contributed by atoms with van der Waals surface area (Å²) in [6.45, 7) is 0.720. The van der Waals surface area contributed by atoms with Crippen LogP contribution in [0.25, 0.3) is 10.9 Å². The van der Waals surface area contributed by atoms with Gasteiger partial charge in [0.05, 0.1) is 12.1 Å². The molecule has 0 saturated heterocycles. The lowest BCUT2D eigenvalue weighted by molar-refractivity contribution is 1.09. The smallest absolute Gasteiger partial charge is 0.183 e. The molecule has 2 heterocycles. The molecule has 0 unspecified atom stereocenters. The van der Waals surface area contributed by atoms with Gasteiger partial charge >= 0.3 is 0 Å². The van der Waals surface area contributed by atoms with Crippen LogP contribution in [0.5, 0.6) is 0 Å². The first kappa shape index (κ1) is 12.2. The van der Waals surface area contributed by atoms with Crippen molar-refractivity contribution in [3.05, 3.63) is 37.4 Å². The van der Waals surface area contributed by atoms with Crippen LogP contribution < -0.4 is 5.32 Å². The Bertz CT molecular complexity index is 693. The van der Waals surface area contributed by atoms with Gasteiger partial charge < -0.3 is 5.32 Å². The van der Waals surface area contributed by atoms with Gasteiger partial charge in [0.1, 0.15) is 3.70 Å². The normalized spacial score (nSPS) is 11.0. The summed E-state index contributed by atoms with van der Waals surface area (Å²) in [6.07, 6.45) is 1.79. The van der Waals surface area contributed by atoms with E-state index in [1.54, 1.807) is 6.20 Å². The molecule has 2 N–H and O–H groups in total. The Kier molecular flexibility index (Phi) is 3.40. The lowest BCUT2D eigenvalue weighted by Crippen LogP contribution is -1.96. The number of rotatable bonds is 3. The van der Waals surface area contributed by atoms with Crippen LogP contribution >= 0.6 is 45.5 Å². The van der Waals surface area contributed by atoms with Crippen molar-refractivity contribution in [2.75, 3.05) is 5.32 Å². The average Bonchev–Trinajstić information content (AvgIpc) is 2.94. The summed E-state index contributed by atoms with van der Waals surface area (Å²) in [6, 6.07) is 6.13. The number of hydrogen-bond donors (Lipinski definition) is 2. The van der Waals surface area contributed by atoms with Gasteiger partial charge in [-0.1, -0.05) is 11.6 Å². The Balaban J connectivity index is 1.78. The summed E-state index contributed by atoms with van der Waals surface area (Å²) in [7, 11) is 0. The Hall–Kier alpha value is -0.860. The second-order valence-corrected chi connectivity index (χ2v) is 6.48. The molecular weight excluding hydrogens is 383 g/mol. The zero-order valence-corrected chi connectivity index (χ0v) is 12.8. The van der Waals surface area contributed by atoms with Crippen LogP contribution in [-0.4, -0.2) is 15.2 Å². The second-order valence-electron chi connectivity index (χ2n) is 3.70. The van der Waals surface area contributed by atoms with Crippen LogP contribution in [0.2, 0.25) is 4.47 Å². The number of aromatic amines is 1. The van der Waals surface area contributed by atoms with Gasteiger partial charge in [-0.05, 0) is 40.8 Å². The SMILES string of the molecule is Clc1ncc(CNc2ccc3c(I)[nH]nc3c2)s1. The van der Waals surface area contributed by atoms with E-state index >= 15 is 0 Å². The summed E-state index contributed by atoms with van der Waals surface area (Å²) in [4.78, 5) is 5.12. The molecule has 0 saturated carbocycles. The molecule has 0 aliphatic rings. The first-order valence-electron chi connectivity index (χ1n) is 5.20. The van der Waals surface area contributed by atoms with Crippen LogP contribution in [0, 0.1) is 3.70 Å². The summed E-state index contributed by atoms with van der Waals surface area (Å²) in [5, 5.41) is 11.7. The Morgan fingerprint density at radius 1 is 1.44 bits per heavy atom. The van der Waals surface area contributed by atoms with E-state index in [1.807, 2.05) is 12.1 Å². The van der Waals surface area contributed by atoms with Crippen molar-refractivity contribution >= 4 is 62.1 Å². The Morgan fingerprint density at radius 2 is 2.33 bits per heavy atom. The fourth-order valence-corrected chi connectivity index (χ4v) is 3.14. The Morgan fingerprint density at radius 3 is 3.11 bits per heavy atom. The summed E-state index contributed by atoms with van der Waals surface area (Å²) < 4.78 is 1.63. The molecule has 18 heavy (non-hydrogen) atoms. The highest BCUT2D eigenvalue weighted by molar-refractivity contribution is 14.1. The van der Waals surface area contributed by atoms with E-state index in [2.05, 4.69) is 49.2 Å². The van der Waals surface area contributed by atoms with Gasteiger partial charge in [0.2, 0.25) is 0 Å². The number of anilines is 1. The van der Waals surface area contributed by atoms with Gasteiger partial charge in [-0.3, -0.25) is 5.10 Å². The maximum absolute atomic E-state index is 5.79. The van der Waals surface area contributed by atoms with E-state index in [9.17, 15) is 0 Å². The van der Waals surface area contributed by atoms with Gasteiger partial charge in [-0.2, -0.15) is 5.10 Å². The van der Waals surface area contributed by atoms with Crippen LogP contribution in [0.4, 0.5) is 5.69 Å². The van der Waals surface area contributed by atoms with Crippen molar-refractivity contribution in [1.82, 2.24) is 15.2 Å². The highest BCUT2D eigenvalue weighted by Crippen LogP contribution is 2.23. The third kappa shape index (κ3) is 2.45. The van der Waals surface area contributed by atoms with Crippen molar-refractivity contribution in [3.8, 4) is 0 Å². The standard InChI is InChI=1S/C11H8ClIN4S/c12-11-15-5-7(18-11)4-14-6-1-2-8-9(3-6)16-17-10(8)13/h1-3,5,14H,4H2,(H,16,17). The topological polar surface area (TPSA) is 53.6 Å². The molecule has 0 radical (unpaired) electrons. The fourth-order valence-electron chi connectivity index (χ4n) is 1.64. The highest BCUT2D eigenvalue weighted by atomic mass is 127. The molecule has 0 fully saturated rings. The second kappa shape index (κ2) is 5.02. The number of H-pyrrole nitrogens is 1. The molecule has 0 bridgehead atoms. The molecule has 7 heteroatoms. The number of hydrogen-bond acceptors (Lipinski definition) is 4. The molecule has 3 aromatic rings. The monoisotopic (exact) mass is 390 g/mol. The fraction of sp³-hybridized carbons (Fsp3) is 0.0909. The molecule has 0 aliphatic carbocycles. The minimum Gasteiger partial charge on any atom is -0.380 e. The molecule has 4 nitrogen and oxygen atoms in total. The van der Waals surface area contributed by atoms with Crippen molar-refractivity contribution in [1.29, 1.82) is 0 Å². The van der Waals surface area contributed by atoms with Gasteiger partial charge in [0, 0.05) is 22.1 Å². The number of halogens is 2. The largest absolute Gasteiger partial charge is 0.380 e. The van der Waals surface area contributed by atoms with E-state index in [4.69, 9.17) is 11.6 Å². The minimum atomic E-state index is 0.573. The number of aromatic nitrogens is 3. The number of benzene rings is 1. The maximum atomic E-state index is 5.79. The lowest BCUT2D eigenvalue weighted by Gasteiger charge is -2.03. The van der Waals surface area contributed by atoms with E-state index in [0.717, 1.165) is 31.7 Å². The summed E-state index contributed by atoms with van der Waals surface area (Å²) in [5.41, 5.74) is 2.00. The molecule has 3 rings (SSSR count). The summed E-state index contributed by atoms with van der Waals surface area (Å²) in [5.74, 6) is 0. The molecule has 92 valence electrons. The van der Waals surface area contributed by atoms with Gasteiger partial charge in [0.15, 0.2) is 4.47 Å². The zero-order valence-electron chi connectivity index (χ0n) is 9.08. The summed E-state index contributed by atoms with van der Waals surface area (Å²) >= 11 is 9.51. The van der Waals surface area contributed by atoms with E-state index in [1.165, 1.54) is 11.3 Å². The van der Waals surface area contributed by atoms with Crippen molar-refractivity contribution in [2.45, 2.75) is 6.54 Å². The third-order valence-electron chi connectivity index (χ3n) is 2.50. The van der Waals surface area contributed by atoms with Crippen LogP contribution in [0.15, 0.2) is 24.4 Å². The van der Waals surface area contributed by atoms with Crippen LogP contribution in [-0.2, 0) is 6.54 Å². The first-order chi connectivity index (χ1) is 8.72. The molecule has 0 amide bonds. The molecule has 0 atom stereocenters. The quantitative estimate of drug-likeness (QED) is 0.667. The zero-order chi connectivity index (χ0) is 12.5. The number of nitrogens with zero attached hydrogens (tertiary/aromatic N) is 2. The van der Waals surface area contributed by atoms with Gasteiger partial charge in [-0.25, -0.2) is 4.98 Å².